The zero-order valence-corrected chi connectivity index (χ0v) is 19.6. The molecule has 0 fully saturated rings. The summed E-state index contributed by atoms with van der Waals surface area (Å²) in [5.41, 5.74) is 1.77. The molecular formula is C24H23FN2O6S. The van der Waals surface area contributed by atoms with Crippen molar-refractivity contribution in [3.8, 4) is 5.75 Å². The van der Waals surface area contributed by atoms with Crippen molar-refractivity contribution < 1.29 is 31.9 Å². The fourth-order valence-electron chi connectivity index (χ4n) is 3.22. The second-order valence-corrected chi connectivity index (χ2v) is 9.20. The average Bonchev–Trinajstić information content (AvgIpc) is 2.82. The third-order valence-corrected chi connectivity index (χ3v) is 6.08. The number of benzene rings is 3. The lowest BCUT2D eigenvalue weighted by atomic mass is 10.1. The van der Waals surface area contributed by atoms with Gasteiger partial charge >= 0.3 is 5.97 Å². The molecule has 178 valence electrons. The van der Waals surface area contributed by atoms with Crippen LogP contribution in [0, 0.1) is 5.82 Å². The third-order valence-electron chi connectivity index (χ3n) is 4.94. The molecule has 3 aromatic rings. The Labute approximate surface area is 197 Å². The normalized spacial score (nSPS) is 10.9. The van der Waals surface area contributed by atoms with Gasteiger partial charge in [0.1, 0.15) is 11.6 Å². The highest BCUT2D eigenvalue weighted by Crippen LogP contribution is 2.27. The van der Waals surface area contributed by atoms with E-state index in [0.717, 1.165) is 10.6 Å². The van der Waals surface area contributed by atoms with Crippen LogP contribution >= 0.6 is 0 Å². The molecule has 1 N–H and O–H groups in total. The predicted octanol–water partition coefficient (Wildman–Crippen LogP) is 3.84. The Kier molecular flexibility index (Phi) is 7.52. The lowest BCUT2D eigenvalue weighted by Crippen LogP contribution is -2.29. The molecule has 34 heavy (non-hydrogen) atoms. The van der Waals surface area contributed by atoms with Crippen molar-refractivity contribution in [2.24, 2.45) is 0 Å². The minimum absolute atomic E-state index is 0.136. The zero-order valence-electron chi connectivity index (χ0n) is 18.7. The van der Waals surface area contributed by atoms with Crippen molar-refractivity contribution in [2.75, 3.05) is 30.1 Å². The van der Waals surface area contributed by atoms with Crippen LogP contribution in [0.5, 0.6) is 5.75 Å². The second-order valence-electron chi connectivity index (χ2n) is 7.30. The van der Waals surface area contributed by atoms with Crippen molar-refractivity contribution >= 4 is 33.3 Å². The summed E-state index contributed by atoms with van der Waals surface area (Å²) in [6.07, 6.45) is 1.04. The van der Waals surface area contributed by atoms with Crippen molar-refractivity contribution in [3.63, 3.8) is 0 Å². The number of methoxy groups -OCH3 is 2. The van der Waals surface area contributed by atoms with E-state index in [2.05, 4.69) is 10.1 Å². The Balaban J connectivity index is 1.87. The van der Waals surface area contributed by atoms with Gasteiger partial charge in [-0.05, 0) is 66.7 Å². The molecule has 0 aromatic heterocycles. The van der Waals surface area contributed by atoms with Crippen LogP contribution in [0.4, 0.5) is 15.8 Å². The van der Waals surface area contributed by atoms with Crippen molar-refractivity contribution in [3.05, 3.63) is 89.2 Å². The van der Waals surface area contributed by atoms with Gasteiger partial charge in [0.25, 0.3) is 5.91 Å². The van der Waals surface area contributed by atoms with E-state index < -0.39 is 27.7 Å². The van der Waals surface area contributed by atoms with Crippen LogP contribution in [-0.4, -0.2) is 40.8 Å². The van der Waals surface area contributed by atoms with Gasteiger partial charge in [-0.2, -0.15) is 0 Å². The van der Waals surface area contributed by atoms with E-state index in [1.165, 1.54) is 56.7 Å². The maximum Gasteiger partial charge on any atom is 0.337 e. The van der Waals surface area contributed by atoms with Crippen LogP contribution in [0.2, 0.25) is 0 Å². The number of sulfonamides is 1. The van der Waals surface area contributed by atoms with Gasteiger partial charge < -0.3 is 14.8 Å². The van der Waals surface area contributed by atoms with Gasteiger partial charge in [-0.1, -0.05) is 0 Å². The van der Waals surface area contributed by atoms with E-state index in [1.54, 1.807) is 24.3 Å². The topological polar surface area (TPSA) is 102 Å². The Morgan fingerprint density at radius 3 is 2.12 bits per heavy atom. The molecule has 0 aliphatic rings. The van der Waals surface area contributed by atoms with Crippen LogP contribution in [-0.2, 0) is 21.3 Å². The molecule has 0 spiro atoms. The van der Waals surface area contributed by atoms with Crippen molar-refractivity contribution in [1.29, 1.82) is 0 Å². The number of nitrogens with zero attached hydrogens (tertiary/aromatic N) is 1. The fourth-order valence-corrected chi connectivity index (χ4v) is 4.09. The quantitative estimate of drug-likeness (QED) is 0.486. The van der Waals surface area contributed by atoms with Crippen molar-refractivity contribution in [1.82, 2.24) is 0 Å². The second kappa shape index (κ2) is 10.3. The molecule has 8 nitrogen and oxygen atoms in total. The van der Waals surface area contributed by atoms with Gasteiger partial charge in [0.2, 0.25) is 10.0 Å². The number of rotatable bonds is 8. The summed E-state index contributed by atoms with van der Waals surface area (Å²) in [5, 5.41) is 2.72. The van der Waals surface area contributed by atoms with Gasteiger partial charge in [-0.3, -0.25) is 9.10 Å². The van der Waals surface area contributed by atoms with Crippen LogP contribution in [0.3, 0.4) is 0 Å². The lowest BCUT2D eigenvalue weighted by Gasteiger charge is -2.24. The van der Waals surface area contributed by atoms with E-state index in [0.29, 0.717) is 22.6 Å². The van der Waals surface area contributed by atoms with E-state index in [-0.39, 0.29) is 17.8 Å². The van der Waals surface area contributed by atoms with Gasteiger partial charge in [0, 0.05) is 16.8 Å². The van der Waals surface area contributed by atoms with Crippen LogP contribution < -0.4 is 14.4 Å². The Morgan fingerprint density at radius 2 is 1.56 bits per heavy atom. The smallest absolute Gasteiger partial charge is 0.337 e. The van der Waals surface area contributed by atoms with E-state index in [1.807, 2.05) is 0 Å². The molecule has 0 aliphatic carbocycles. The molecule has 1 amide bonds. The number of amides is 1. The van der Waals surface area contributed by atoms with Gasteiger partial charge in [0.05, 0.1) is 38.3 Å². The van der Waals surface area contributed by atoms with E-state index >= 15 is 0 Å². The number of hydrogen-bond acceptors (Lipinski definition) is 6. The summed E-state index contributed by atoms with van der Waals surface area (Å²) in [4.78, 5) is 24.4. The number of hydrogen-bond donors (Lipinski definition) is 1. The molecule has 0 unspecified atom stereocenters. The van der Waals surface area contributed by atoms with Crippen LogP contribution in [0.15, 0.2) is 66.7 Å². The van der Waals surface area contributed by atoms with Crippen molar-refractivity contribution in [2.45, 2.75) is 6.54 Å². The number of anilines is 2. The lowest BCUT2D eigenvalue weighted by molar-refractivity contribution is 0.0600. The summed E-state index contributed by atoms with van der Waals surface area (Å²) >= 11 is 0. The maximum atomic E-state index is 13.3. The molecule has 10 heteroatoms. The molecule has 3 rings (SSSR count). The molecule has 0 bridgehead atoms. The first kappa shape index (κ1) is 24.7. The minimum Gasteiger partial charge on any atom is -0.496 e. The van der Waals surface area contributed by atoms with E-state index in [9.17, 15) is 22.4 Å². The summed E-state index contributed by atoms with van der Waals surface area (Å²) in [6.45, 7) is -0.136. The summed E-state index contributed by atoms with van der Waals surface area (Å²) < 4.78 is 49.4. The van der Waals surface area contributed by atoms with Crippen LogP contribution in [0.1, 0.15) is 26.3 Å². The first-order valence-electron chi connectivity index (χ1n) is 10.0. The summed E-state index contributed by atoms with van der Waals surface area (Å²) in [6, 6.07) is 15.9. The Morgan fingerprint density at radius 1 is 0.941 bits per heavy atom. The summed E-state index contributed by atoms with van der Waals surface area (Å²) in [5.74, 6) is -1.04. The molecule has 0 saturated carbocycles. The number of carbonyl (C=O) groups is 2. The number of nitrogens with one attached hydrogen (secondary N) is 1. The SMILES string of the molecule is COC(=O)c1ccc(NC(=O)c2ccc(OC)c(CN(c3ccc(F)cc3)S(C)(=O)=O)c2)cc1. The number of carbonyl (C=O) groups excluding carboxylic acids is 2. The minimum atomic E-state index is -3.73. The highest BCUT2D eigenvalue weighted by molar-refractivity contribution is 7.92. The van der Waals surface area contributed by atoms with E-state index in [4.69, 9.17) is 4.74 Å². The third kappa shape index (κ3) is 5.90. The first-order valence-corrected chi connectivity index (χ1v) is 11.9. The van der Waals surface area contributed by atoms with Gasteiger partial charge in [-0.15, -0.1) is 0 Å². The first-order chi connectivity index (χ1) is 16.1. The Bertz CT molecular complexity index is 1290. The highest BCUT2D eigenvalue weighted by Gasteiger charge is 2.21. The number of ether oxygens (including phenoxy) is 2. The standard InChI is InChI=1S/C24H23FN2O6S/c1-32-22-13-6-17(23(28)26-20-9-4-16(5-10-20)24(29)33-2)14-18(22)15-27(34(3,30)31)21-11-7-19(25)8-12-21/h4-14H,15H2,1-3H3,(H,26,28). The molecule has 0 atom stereocenters. The predicted molar refractivity (Wildman–Crippen MR) is 126 cm³/mol. The van der Waals surface area contributed by atoms with Gasteiger partial charge in [0.15, 0.2) is 0 Å². The maximum absolute atomic E-state index is 13.3. The zero-order chi connectivity index (χ0) is 24.9. The molecule has 3 aromatic carbocycles. The number of esters is 1. The molecule has 0 aliphatic heterocycles. The molecular weight excluding hydrogens is 463 g/mol. The monoisotopic (exact) mass is 486 g/mol. The molecule has 0 saturated heterocycles. The molecule has 0 radical (unpaired) electrons. The molecule has 0 heterocycles. The fraction of sp³-hybridized carbons (Fsp3) is 0.167. The number of halogens is 1. The largest absolute Gasteiger partial charge is 0.496 e. The Hall–Kier alpha value is -3.92. The average molecular weight is 487 g/mol. The highest BCUT2D eigenvalue weighted by atomic mass is 32.2. The van der Waals surface area contributed by atoms with Gasteiger partial charge in [-0.25, -0.2) is 17.6 Å². The van der Waals surface area contributed by atoms with Crippen LogP contribution in [0.25, 0.3) is 0 Å². The summed E-state index contributed by atoms with van der Waals surface area (Å²) in [7, 11) is -1.02.